The van der Waals surface area contributed by atoms with Crippen LogP contribution in [0.1, 0.15) is 99.8 Å². The van der Waals surface area contributed by atoms with E-state index < -0.39 is 0 Å². The summed E-state index contributed by atoms with van der Waals surface area (Å²) in [4.78, 5) is 11.5. The zero-order chi connectivity index (χ0) is 23.3. The first-order valence-electron chi connectivity index (χ1n) is 13.6. The van der Waals surface area contributed by atoms with Crippen molar-refractivity contribution in [2.24, 2.45) is 52.3 Å². The van der Waals surface area contributed by atoms with Gasteiger partial charge in [-0.2, -0.15) is 0 Å². The van der Waals surface area contributed by atoms with Crippen LogP contribution in [-0.4, -0.2) is 12.1 Å². The van der Waals surface area contributed by atoms with Crippen LogP contribution in [-0.2, 0) is 9.53 Å². The van der Waals surface area contributed by atoms with Crippen LogP contribution >= 0.6 is 0 Å². The van der Waals surface area contributed by atoms with Gasteiger partial charge in [-0.25, -0.2) is 0 Å². The van der Waals surface area contributed by atoms with E-state index in [9.17, 15) is 4.79 Å². The fraction of sp³-hybridized carbons (Fsp3) is 0.833. The highest BCUT2D eigenvalue weighted by Gasteiger charge is 2.58. The molecular formula is C30H48O2. The molecule has 0 aromatic rings. The first-order valence-corrected chi connectivity index (χ1v) is 13.6. The highest BCUT2D eigenvalue weighted by molar-refractivity contribution is 5.66. The van der Waals surface area contributed by atoms with Gasteiger partial charge in [0.25, 0.3) is 0 Å². The van der Waals surface area contributed by atoms with E-state index in [4.69, 9.17) is 4.74 Å². The van der Waals surface area contributed by atoms with Crippen molar-refractivity contribution in [1.29, 1.82) is 0 Å². The van der Waals surface area contributed by atoms with E-state index in [-0.39, 0.29) is 12.1 Å². The lowest BCUT2D eigenvalue weighted by Gasteiger charge is -2.58. The predicted octanol–water partition coefficient (Wildman–Crippen LogP) is 7.98. The molecule has 2 nitrogen and oxygen atoms in total. The number of fused-ring (bicyclic) bond motifs is 5. The number of esters is 1. The zero-order valence-corrected chi connectivity index (χ0v) is 21.8. The molecule has 4 rings (SSSR count). The van der Waals surface area contributed by atoms with Crippen LogP contribution in [0.5, 0.6) is 0 Å². The summed E-state index contributed by atoms with van der Waals surface area (Å²) < 4.78 is 5.64. The molecule has 4 aliphatic rings. The van der Waals surface area contributed by atoms with E-state index in [1.165, 1.54) is 38.5 Å². The van der Waals surface area contributed by atoms with Gasteiger partial charge in [-0.1, -0.05) is 65.3 Å². The van der Waals surface area contributed by atoms with Crippen molar-refractivity contribution < 1.29 is 9.53 Å². The zero-order valence-electron chi connectivity index (χ0n) is 21.8. The Labute approximate surface area is 197 Å². The van der Waals surface area contributed by atoms with E-state index in [1.54, 1.807) is 6.92 Å². The molecule has 180 valence electrons. The van der Waals surface area contributed by atoms with Crippen molar-refractivity contribution in [3.05, 3.63) is 23.8 Å². The molecule has 32 heavy (non-hydrogen) atoms. The van der Waals surface area contributed by atoms with Gasteiger partial charge in [-0.15, -0.1) is 0 Å². The van der Waals surface area contributed by atoms with Gasteiger partial charge in [0.15, 0.2) is 0 Å². The molecule has 0 aromatic heterocycles. The van der Waals surface area contributed by atoms with Crippen LogP contribution in [0.25, 0.3) is 0 Å². The fourth-order valence-corrected chi connectivity index (χ4v) is 8.43. The third-order valence-electron chi connectivity index (χ3n) is 10.8. The van der Waals surface area contributed by atoms with Gasteiger partial charge in [0.1, 0.15) is 6.10 Å². The Kier molecular flexibility index (Phi) is 6.74. The van der Waals surface area contributed by atoms with Gasteiger partial charge >= 0.3 is 5.97 Å². The van der Waals surface area contributed by atoms with Gasteiger partial charge in [0.2, 0.25) is 0 Å². The number of rotatable bonds is 5. The molecule has 0 radical (unpaired) electrons. The second-order valence-corrected chi connectivity index (χ2v) is 12.8. The van der Waals surface area contributed by atoms with Crippen molar-refractivity contribution in [2.75, 3.05) is 0 Å². The molecule has 0 unspecified atom stereocenters. The van der Waals surface area contributed by atoms with Crippen molar-refractivity contribution in [3.63, 3.8) is 0 Å². The second-order valence-electron chi connectivity index (χ2n) is 12.8. The quantitative estimate of drug-likeness (QED) is 0.320. The number of allylic oxidation sites excluding steroid dienone is 4. The molecule has 0 aromatic carbocycles. The lowest BCUT2D eigenvalue weighted by atomic mass is 9.47. The lowest BCUT2D eigenvalue weighted by molar-refractivity contribution is -0.152. The number of carbonyl (C=O) groups is 1. The Hall–Kier alpha value is -1.05. The van der Waals surface area contributed by atoms with Crippen molar-refractivity contribution in [1.82, 2.24) is 0 Å². The van der Waals surface area contributed by atoms with E-state index in [0.717, 1.165) is 36.5 Å². The minimum Gasteiger partial charge on any atom is -0.463 e. The maximum atomic E-state index is 11.5. The average molecular weight is 441 g/mol. The molecule has 9 atom stereocenters. The van der Waals surface area contributed by atoms with E-state index in [2.05, 4.69) is 59.8 Å². The summed E-state index contributed by atoms with van der Waals surface area (Å²) in [5, 5.41) is 0. The van der Waals surface area contributed by atoms with Crippen molar-refractivity contribution in [2.45, 2.75) is 106 Å². The third-order valence-corrected chi connectivity index (χ3v) is 10.8. The summed E-state index contributed by atoms with van der Waals surface area (Å²) in [5.74, 6) is 4.98. The van der Waals surface area contributed by atoms with Gasteiger partial charge in [-0.05, 0) is 104 Å². The van der Waals surface area contributed by atoms with Crippen molar-refractivity contribution >= 4 is 5.97 Å². The SMILES string of the molecule is CC(=O)O[C@H]1CC[C@@]2(C)[C@H](CC=C3[C@@H]2CC[C@]2(C)[C@@H]([C@H](C)/C=C/[C@H](C)C(C)C)CC[C@@H]32)C1. The van der Waals surface area contributed by atoms with Crippen LogP contribution in [0.3, 0.4) is 0 Å². The Morgan fingerprint density at radius 2 is 1.69 bits per heavy atom. The highest BCUT2D eigenvalue weighted by atomic mass is 16.5. The number of hydrogen-bond donors (Lipinski definition) is 0. The summed E-state index contributed by atoms with van der Waals surface area (Å²) in [6, 6.07) is 0. The molecule has 2 heteroatoms. The summed E-state index contributed by atoms with van der Waals surface area (Å²) in [6.07, 6.45) is 17.9. The van der Waals surface area contributed by atoms with Crippen LogP contribution in [0.4, 0.5) is 0 Å². The van der Waals surface area contributed by atoms with Crippen LogP contribution in [0.2, 0.25) is 0 Å². The molecule has 0 heterocycles. The summed E-state index contributed by atoms with van der Waals surface area (Å²) in [5.41, 5.74) is 2.70. The number of ether oxygens (including phenoxy) is 1. The van der Waals surface area contributed by atoms with Gasteiger partial charge < -0.3 is 4.74 Å². The largest absolute Gasteiger partial charge is 0.463 e. The molecule has 0 bridgehead atoms. The molecule has 0 aliphatic heterocycles. The summed E-state index contributed by atoms with van der Waals surface area (Å²) in [6.45, 7) is 16.3. The van der Waals surface area contributed by atoms with Gasteiger partial charge in [0.05, 0.1) is 0 Å². The molecule has 3 fully saturated rings. The van der Waals surface area contributed by atoms with E-state index in [0.29, 0.717) is 28.6 Å². The fourth-order valence-electron chi connectivity index (χ4n) is 8.43. The predicted molar refractivity (Wildman–Crippen MR) is 133 cm³/mol. The summed E-state index contributed by atoms with van der Waals surface area (Å²) in [7, 11) is 0. The Bertz CT molecular complexity index is 763. The Morgan fingerprint density at radius 1 is 1.00 bits per heavy atom. The highest BCUT2D eigenvalue weighted by Crippen LogP contribution is 2.66. The van der Waals surface area contributed by atoms with Crippen LogP contribution in [0, 0.1) is 52.3 Å². The van der Waals surface area contributed by atoms with Crippen LogP contribution in [0.15, 0.2) is 23.8 Å². The standard InChI is InChI=1S/C30H48O2/c1-19(2)20(3)8-9-21(4)26-12-13-27-25-11-10-23-18-24(32-22(5)31)14-16-29(23,6)28(25)15-17-30(26,27)7/h8-9,11,19-21,23-24,26-28H,10,12-18H2,1-7H3/b9-8+/t20-,21+,23+,24-,26+,27-,28-,29-,30+/m0/s1. The smallest absolute Gasteiger partial charge is 0.302 e. The molecule has 0 spiro atoms. The molecule has 0 amide bonds. The molecular weight excluding hydrogens is 392 g/mol. The second kappa shape index (κ2) is 8.95. The molecule has 3 saturated carbocycles. The number of carbonyl (C=O) groups excluding carboxylic acids is 1. The Balaban J connectivity index is 1.51. The van der Waals surface area contributed by atoms with Crippen LogP contribution < -0.4 is 0 Å². The van der Waals surface area contributed by atoms with E-state index in [1.807, 2.05) is 5.57 Å². The minimum absolute atomic E-state index is 0.109. The molecule has 0 saturated heterocycles. The number of hydrogen-bond acceptors (Lipinski definition) is 2. The minimum atomic E-state index is -0.109. The normalized spacial score (nSPS) is 43.2. The van der Waals surface area contributed by atoms with Crippen molar-refractivity contribution in [3.8, 4) is 0 Å². The lowest BCUT2D eigenvalue weighted by Crippen LogP contribution is -2.50. The topological polar surface area (TPSA) is 26.3 Å². The van der Waals surface area contributed by atoms with Gasteiger partial charge in [-0.3, -0.25) is 4.79 Å². The molecule has 4 aliphatic carbocycles. The molecule has 0 N–H and O–H groups in total. The maximum Gasteiger partial charge on any atom is 0.302 e. The summed E-state index contributed by atoms with van der Waals surface area (Å²) >= 11 is 0. The first kappa shape index (κ1) is 24.1. The first-order chi connectivity index (χ1) is 15.1. The third kappa shape index (κ3) is 4.14. The maximum absolute atomic E-state index is 11.5. The van der Waals surface area contributed by atoms with Gasteiger partial charge in [0, 0.05) is 6.92 Å². The van der Waals surface area contributed by atoms with E-state index >= 15 is 0 Å². The average Bonchev–Trinajstić information content (AvgIpc) is 3.08. The Morgan fingerprint density at radius 3 is 2.38 bits per heavy atom. The monoisotopic (exact) mass is 440 g/mol.